The zero-order chi connectivity index (χ0) is 14.2. The molecule has 108 valence electrons. The molecule has 1 fully saturated rings. The van der Waals surface area contributed by atoms with Crippen molar-refractivity contribution in [1.82, 2.24) is 10.3 Å². The van der Waals surface area contributed by atoms with Crippen LogP contribution in [0.4, 0.5) is 0 Å². The molecular formula is C14H18N2O2S2. The van der Waals surface area contributed by atoms with Crippen LogP contribution >= 0.6 is 11.3 Å². The zero-order valence-electron chi connectivity index (χ0n) is 11.4. The van der Waals surface area contributed by atoms with Crippen molar-refractivity contribution in [3.05, 3.63) is 29.3 Å². The van der Waals surface area contributed by atoms with Crippen LogP contribution < -0.4 is 5.32 Å². The second-order valence-corrected chi connectivity index (χ2v) is 8.68. The highest BCUT2D eigenvalue weighted by Crippen LogP contribution is 2.24. The predicted molar refractivity (Wildman–Crippen MR) is 82.8 cm³/mol. The third-order valence-corrected chi connectivity index (χ3v) is 7.07. The molecular weight excluding hydrogens is 292 g/mol. The Bertz CT molecular complexity index is 709. The largest absolute Gasteiger partial charge is 0.309 e. The number of rotatable bonds is 4. The normalized spacial score (nSPS) is 23.1. The maximum absolute atomic E-state index is 11.8. The summed E-state index contributed by atoms with van der Waals surface area (Å²) in [5, 5.41) is 5.15. The first-order chi connectivity index (χ1) is 9.56. The highest BCUT2D eigenvalue weighted by Gasteiger charge is 2.31. The molecule has 4 nitrogen and oxygen atoms in total. The Hall–Kier alpha value is -0.980. The standard InChI is InChI=1S/C14H18N2O2S2/c1-10(15-9-12-3-2-6-20(12,17)18)11-7-14-13(16-8-11)4-5-19-14/h4-5,7-8,10,12,15H,2-3,6,9H2,1H3. The Labute approximate surface area is 123 Å². The fourth-order valence-electron chi connectivity index (χ4n) is 2.61. The summed E-state index contributed by atoms with van der Waals surface area (Å²) in [7, 11) is -2.87. The van der Waals surface area contributed by atoms with E-state index in [0.717, 1.165) is 23.9 Å². The molecule has 6 heteroatoms. The molecule has 0 bridgehead atoms. The van der Waals surface area contributed by atoms with Crippen molar-refractivity contribution in [2.24, 2.45) is 0 Å². The lowest BCUT2D eigenvalue weighted by Crippen LogP contribution is -2.32. The molecule has 2 atom stereocenters. The van der Waals surface area contributed by atoms with Gasteiger partial charge in [0.2, 0.25) is 0 Å². The van der Waals surface area contributed by atoms with Gasteiger partial charge in [0, 0.05) is 18.8 Å². The van der Waals surface area contributed by atoms with Crippen molar-refractivity contribution in [2.75, 3.05) is 12.3 Å². The number of pyridine rings is 1. The predicted octanol–water partition coefficient (Wildman–Crippen LogP) is 2.52. The highest BCUT2D eigenvalue weighted by atomic mass is 32.2. The number of nitrogens with one attached hydrogen (secondary N) is 1. The van der Waals surface area contributed by atoms with Gasteiger partial charge in [0.05, 0.1) is 21.2 Å². The Kier molecular flexibility index (Phi) is 3.79. The first kappa shape index (κ1) is 14.0. The zero-order valence-corrected chi connectivity index (χ0v) is 13.0. The van der Waals surface area contributed by atoms with Crippen molar-refractivity contribution in [3.8, 4) is 0 Å². The van der Waals surface area contributed by atoms with E-state index in [4.69, 9.17) is 0 Å². The second kappa shape index (κ2) is 5.42. The van der Waals surface area contributed by atoms with Crippen LogP contribution in [-0.2, 0) is 9.84 Å². The van der Waals surface area contributed by atoms with E-state index in [0.29, 0.717) is 12.3 Å². The van der Waals surface area contributed by atoms with Crippen LogP contribution in [0, 0.1) is 0 Å². The molecule has 0 amide bonds. The summed E-state index contributed by atoms with van der Waals surface area (Å²) < 4.78 is 24.8. The summed E-state index contributed by atoms with van der Waals surface area (Å²) in [5.74, 6) is 0.344. The summed E-state index contributed by atoms with van der Waals surface area (Å²) in [6.45, 7) is 2.59. The number of thiophene rings is 1. The van der Waals surface area contributed by atoms with Crippen LogP contribution in [0.25, 0.3) is 10.2 Å². The number of nitrogens with zero attached hydrogens (tertiary/aromatic N) is 1. The Balaban J connectivity index is 1.68. The van der Waals surface area contributed by atoms with E-state index in [9.17, 15) is 8.42 Å². The molecule has 1 aliphatic rings. The van der Waals surface area contributed by atoms with E-state index < -0.39 is 9.84 Å². The fraction of sp³-hybridized carbons (Fsp3) is 0.500. The number of hydrogen-bond donors (Lipinski definition) is 1. The molecule has 0 aromatic carbocycles. The quantitative estimate of drug-likeness (QED) is 0.943. The van der Waals surface area contributed by atoms with Gasteiger partial charge in [-0.05, 0) is 42.8 Å². The number of hydrogen-bond acceptors (Lipinski definition) is 5. The molecule has 3 heterocycles. The summed E-state index contributed by atoms with van der Waals surface area (Å²) >= 11 is 1.68. The lowest BCUT2D eigenvalue weighted by atomic mass is 10.1. The van der Waals surface area contributed by atoms with Crippen LogP contribution in [0.15, 0.2) is 23.7 Å². The van der Waals surface area contributed by atoms with E-state index in [-0.39, 0.29) is 11.3 Å². The first-order valence-corrected chi connectivity index (χ1v) is 9.44. The van der Waals surface area contributed by atoms with Gasteiger partial charge in [-0.3, -0.25) is 4.98 Å². The molecule has 0 radical (unpaired) electrons. The molecule has 2 aromatic rings. The highest BCUT2D eigenvalue weighted by molar-refractivity contribution is 7.92. The van der Waals surface area contributed by atoms with Gasteiger partial charge in [-0.1, -0.05) is 0 Å². The van der Waals surface area contributed by atoms with E-state index in [1.54, 1.807) is 11.3 Å². The SMILES string of the molecule is CC(NCC1CCCS1(=O)=O)c1cnc2ccsc2c1. The first-order valence-electron chi connectivity index (χ1n) is 6.84. The summed E-state index contributed by atoms with van der Waals surface area (Å²) in [6, 6.07) is 4.26. The Morgan fingerprint density at radius 2 is 2.40 bits per heavy atom. The van der Waals surface area contributed by atoms with Gasteiger partial charge in [-0.15, -0.1) is 11.3 Å². The van der Waals surface area contributed by atoms with Gasteiger partial charge >= 0.3 is 0 Å². The molecule has 1 aliphatic heterocycles. The van der Waals surface area contributed by atoms with Gasteiger partial charge in [0.1, 0.15) is 0 Å². The molecule has 0 spiro atoms. The van der Waals surface area contributed by atoms with Crippen molar-refractivity contribution in [1.29, 1.82) is 0 Å². The molecule has 0 aliphatic carbocycles. The van der Waals surface area contributed by atoms with Crippen LogP contribution in [-0.4, -0.2) is 30.9 Å². The minimum absolute atomic E-state index is 0.116. The van der Waals surface area contributed by atoms with Crippen LogP contribution in [0.3, 0.4) is 0 Å². The van der Waals surface area contributed by atoms with E-state index >= 15 is 0 Å². The minimum atomic E-state index is -2.87. The van der Waals surface area contributed by atoms with Crippen molar-refractivity contribution < 1.29 is 8.42 Å². The number of fused-ring (bicyclic) bond motifs is 1. The summed E-state index contributed by atoms with van der Waals surface area (Å²) in [4.78, 5) is 4.42. The van der Waals surface area contributed by atoms with Gasteiger partial charge in [0.25, 0.3) is 0 Å². The second-order valence-electron chi connectivity index (χ2n) is 5.33. The molecule has 2 unspecified atom stereocenters. The summed E-state index contributed by atoms with van der Waals surface area (Å²) in [6.07, 6.45) is 3.45. The van der Waals surface area contributed by atoms with Crippen molar-refractivity contribution >= 4 is 31.4 Å². The van der Waals surface area contributed by atoms with E-state index in [2.05, 4.69) is 23.3 Å². The van der Waals surface area contributed by atoms with Gasteiger partial charge in [-0.25, -0.2) is 8.42 Å². The molecule has 0 saturated carbocycles. The average molecular weight is 310 g/mol. The lowest BCUT2D eigenvalue weighted by molar-refractivity contribution is 0.538. The molecule has 3 rings (SSSR count). The number of aromatic nitrogens is 1. The van der Waals surface area contributed by atoms with Crippen LogP contribution in [0.5, 0.6) is 0 Å². The molecule has 1 N–H and O–H groups in total. The Morgan fingerprint density at radius 3 is 3.15 bits per heavy atom. The van der Waals surface area contributed by atoms with Crippen LogP contribution in [0.2, 0.25) is 0 Å². The van der Waals surface area contributed by atoms with E-state index in [1.807, 2.05) is 17.6 Å². The van der Waals surface area contributed by atoms with Crippen LogP contribution in [0.1, 0.15) is 31.4 Å². The topological polar surface area (TPSA) is 59.1 Å². The third-order valence-electron chi connectivity index (χ3n) is 3.94. The lowest BCUT2D eigenvalue weighted by Gasteiger charge is -2.17. The molecule has 2 aromatic heterocycles. The van der Waals surface area contributed by atoms with Crippen molar-refractivity contribution in [3.63, 3.8) is 0 Å². The molecule has 20 heavy (non-hydrogen) atoms. The smallest absolute Gasteiger partial charge is 0.154 e. The monoisotopic (exact) mass is 310 g/mol. The van der Waals surface area contributed by atoms with Gasteiger partial charge < -0.3 is 5.32 Å². The Morgan fingerprint density at radius 1 is 1.55 bits per heavy atom. The molecule has 1 saturated heterocycles. The van der Waals surface area contributed by atoms with Crippen molar-refractivity contribution in [2.45, 2.75) is 31.1 Å². The van der Waals surface area contributed by atoms with Gasteiger partial charge in [0.15, 0.2) is 9.84 Å². The summed E-state index contributed by atoms with van der Waals surface area (Å²) in [5.41, 5.74) is 2.12. The number of sulfone groups is 1. The van der Waals surface area contributed by atoms with Gasteiger partial charge in [-0.2, -0.15) is 0 Å². The third kappa shape index (κ3) is 2.73. The maximum Gasteiger partial charge on any atom is 0.154 e. The average Bonchev–Trinajstić information content (AvgIpc) is 3.01. The fourth-order valence-corrected chi connectivity index (χ4v) is 5.18. The maximum atomic E-state index is 11.8. The minimum Gasteiger partial charge on any atom is -0.309 e. The van der Waals surface area contributed by atoms with E-state index in [1.165, 1.54) is 4.70 Å².